The summed E-state index contributed by atoms with van der Waals surface area (Å²) in [4.78, 5) is 15.6. The van der Waals surface area contributed by atoms with Crippen LogP contribution in [0.25, 0.3) is 0 Å². The van der Waals surface area contributed by atoms with Gasteiger partial charge in [0.1, 0.15) is 4.60 Å². The van der Waals surface area contributed by atoms with E-state index in [0.717, 1.165) is 5.56 Å². The molecule has 2 rings (SSSR count). The first-order valence-corrected chi connectivity index (χ1v) is 5.46. The molecule has 0 atom stereocenters. The number of pyridine rings is 1. The molecular formula is C11H9BrN2O2. The smallest absolute Gasteiger partial charge is 0.253 e. The first-order valence-electron chi connectivity index (χ1n) is 4.66. The minimum absolute atomic E-state index is 0.152. The molecule has 0 aliphatic carbocycles. The predicted molar refractivity (Wildman–Crippen MR) is 61.8 cm³/mol. The van der Waals surface area contributed by atoms with Crippen LogP contribution in [-0.4, -0.2) is 10.9 Å². The number of amides is 1. The maximum Gasteiger partial charge on any atom is 0.253 e. The molecule has 0 saturated heterocycles. The zero-order chi connectivity index (χ0) is 11.4. The van der Waals surface area contributed by atoms with Gasteiger partial charge in [-0.1, -0.05) is 0 Å². The van der Waals surface area contributed by atoms with Gasteiger partial charge in [0.05, 0.1) is 18.1 Å². The van der Waals surface area contributed by atoms with Gasteiger partial charge >= 0.3 is 0 Å². The minimum Gasteiger partial charge on any atom is -0.472 e. The number of hydrogen-bond acceptors (Lipinski definition) is 3. The van der Waals surface area contributed by atoms with E-state index >= 15 is 0 Å². The summed E-state index contributed by atoms with van der Waals surface area (Å²) in [5, 5.41) is 2.77. The van der Waals surface area contributed by atoms with Gasteiger partial charge in [0, 0.05) is 18.3 Å². The molecule has 4 nitrogen and oxygen atoms in total. The summed E-state index contributed by atoms with van der Waals surface area (Å²) in [5.74, 6) is -0.152. The minimum atomic E-state index is -0.152. The number of hydrogen-bond donors (Lipinski definition) is 1. The fourth-order valence-corrected chi connectivity index (χ4v) is 1.42. The van der Waals surface area contributed by atoms with E-state index in [-0.39, 0.29) is 5.91 Å². The first kappa shape index (κ1) is 10.9. The third-order valence-corrected chi connectivity index (χ3v) is 2.49. The quantitative estimate of drug-likeness (QED) is 0.879. The van der Waals surface area contributed by atoms with Crippen molar-refractivity contribution in [1.29, 1.82) is 0 Å². The summed E-state index contributed by atoms with van der Waals surface area (Å²) in [7, 11) is 0. The molecule has 0 aliphatic heterocycles. The molecule has 1 N–H and O–H groups in total. The van der Waals surface area contributed by atoms with Gasteiger partial charge in [0.15, 0.2) is 0 Å². The molecule has 0 unspecified atom stereocenters. The molecule has 0 fully saturated rings. The number of carbonyl (C=O) groups is 1. The van der Waals surface area contributed by atoms with Gasteiger partial charge in [-0.15, -0.1) is 0 Å². The molecule has 82 valence electrons. The first-order chi connectivity index (χ1) is 7.75. The van der Waals surface area contributed by atoms with Crippen LogP contribution in [0.3, 0.4) is 0 Å². The van der Waals surface area contributed by atoms with Gasteiger partial charge in [-0.25, -0.2) is 4.98 Å². The maximum atomic E-state index is 11.7. The SMILES string of the molecule is O=C(NCc1ccoc1)c1ccc(Br)nc1. The summed E-state index contributed by atoms with van der Waals surface area (Å²) in [5.41, 5.74) is 1.46. The fourth-order valence-electron chi connectivity index (χ4n) is 1.19. The highest BCUT2D eigenvalue weighted by atomic mass is 79.9. The molecule has 0 saturated carbocycles. The lowest BCUT2D eigenvalue weighted by molar-refractivity contribution is 0.0950. The summed E-state index contributed by atoms with van der Waals surface area (Å²) in [6.07, 6.45) is 4.69. The predicted octanol–water partition coefficient (Wildman–Crippen LogP) is 2.37. The van der Waals surface area contributed by atoms with Crippen molar-refractivity contribution in [2.24, 2.45) is 0 Å². The van der Waals surface area contributed by atoms with E-state index in [4.69, 9.17) is 4.42 Å². The van der Waals surface area contributed by atoms with E-state index in [1.165, 1.54) is 6.20 Å². The number of halogens is 1. The number of nitrogens with zero attached hydrogens (tertiary/aromatic N) is 1. The van der Waals surface area contributed by atoms with E-state index in [1.54, 1.807) is 30.7 Å². The Bertz CT molecular complexity index is 465. The van der Waals surface area contributed by atoms with Gasteiger partial charge < -0.3 is 9.73 Å². The van der Waals surface area contributed by atoms with Gasteiger partial charge in [0.2, 0.25) is 0 Å². The Morgan fingerprint density at radius 1 is 1.44 bits per heavy atom. The molecule has 2 aromatic rings. The number of furan rings is 1. The van der Waals surface area contributed by atoms with E-state index in [2.05, 4.69) is 26.2 Å². The third-order valence-electron chi connectivity index (χ3n) is 2.02. The van der Waals surface area contributed by atoms with Crippen LogP contribution in [-0.2, 0) is 6.54 Å². The third kappa shape index (κ3) is 2.70. The lowest BCUT2D eigenvalue weighted by Gasteiger charge is -2.02. The van der Waals surface area contributed by atoms with Crippen LogP contribution in [0.15, 0.2) is 45.9 Å². The Morgan fingerprint density at radius 2 is 2.31 bits per heavy atom. The van der Waals surface area contributed by atoms with Gasteiger partial charge in [-0.05, 0) is 34.1 Å². The lowest BCUT2D eigenvalue weighted by atomic mass is 10.2. The highest BCUT2D eigenvalue weighted by Crippen LogP contribution is 2.06. The molecule has 2 heterocycles. The van der Waals surface area contributed by atoms with Crippen LogP contribution in [0, 0.1) is 0 Å². The van der Waals surface area contributed by atoms with E-state index in [9.17, 15) is 4.79 Å². The largest absolute Gasteiger partial charge is 0.472 e. The Balaban J connectivity index is 1.95. The Labute approximate surface area is 101 Å². The van der Waals surface area contributed by atoms with Crippen molar-refractivity contribution < 1.29 is 9.21 Å². The molecular weight excluding hydrogens is 272 g/mol. The number of nitrogens with one attached hydrogen (secondary N) is 1. The van der Waals surface area contributed by atoms with Gasteiger partial charge in [-0.3, -0.25) is 4.79 Å². The molecule has 0 aromatic carbocycles. The van der Waals surface area contributed by atoms with E-state index in [0.29, 0.717) is 16.7 Å². The summed E-state index contributed by atoms with van der Waals surface area (Å²) < 4.78 is 5.61. The molecule has 16 heavy (non-hydrogen) atoms. The molecule has 0 radical (unpaired) electrons. The topological polar surface area (TPSA) is 55.1 Å². The number of rotatable bonds is 3. The standard InChI is InChI=1S/C11H9BrN2O2/c12-10-2-1-9(6-13-10)11(15)14-5-8-3-4-16-7-8/h1-4,6-7H,5H2,(H,14,15). The molecule has 1 amide bonds. The summed E-state index contributed by atoms with van der Waals surface area (Å²) in [6.45, 7) is 0.450. The molecule has 0 aliphatic rings. The second-order valence-electron chi connectivity index (χ2n) is 3.18. The number of carbonyl (C=O) groups excluding carboxylic acids is 1. The Hall–Kier alpha value is -1.62. The van der Waals surface area contributed by atoms with Crippen LogP contribution in [0.1, 0.15) is 15.9 Å². The van der Waals surface area contributed by atoms with Crippen molar-refractivity contribution in [3.05, 3.63) is 52.7 Å². The van der Waals surface area contributed by atoms with Crippen LogP contribution >= 0.6 is 15.9 Å². The van der Waals surface area contributed by atoms with Crippen molar-refractivity contribution in [3.63, 3.8) is 0 Å². The van der Waals surface area contributed by atoms with Crippen molar-refractivity contribution in [2.75, 3.05) is 0 Å². The van der Waals surface area contributed by atoms with Crippen molar-refractivity contribution in [2.45, 2.75) is 6.54 Å². The van der Waals surface area contributed by atoms with Gasteiger partial charge in [0.25, 0.3) is 5.91 Å². The lowest BCUT2D eigenvalue weighted by Crippen LogP contribution is -2.22. The zero-order valence-electron chi connectivity index (χ0n) is 8.31. The fraction of sp³-hybridized carbons (Fsp3) is 0.0909. The maximum absolute atomic E-state index is 11.7. The monoisotopic (exact) mass is 280 g/mol. The molecule has 0 spiro atoms. The second-order valence-corrected chi connectivity index (χ2v) is 4.00. The van der Waals surface area contributed by atoms with Crippen molar-refractivity contribution >= 4 is 21.8 Å². The van der Waals surface area contributed by atoms with Crippen molar-refractivity contribution in [3.8, 4) is 0 Å². The Morgan fingerprint density at radius 3 is 2.94 bits per heavy atom. The van der Waals surface area contributed by atoms with Crippen LogP contribution in [0.5, 0.6) is 0 Å². The van der Waals surface area contributed by atoms with Crippen LogP contribution in [0.2, 0.25) is 0 Å². The average molecular weight is 281 g/mol. The zero-order valence-corrected chi connectivity index (χ0v) is 9.90. The van der Waals surface area contributed by atoms with Crippen LogP contribution in [0.4, 0.5) is 0 Å². The molecule has 5 heteroatoms. The second kappa shape index (κ2) is 4.94. The average Bonchev–Trinajstić information content (AvgIpc) is 2.80. The highest BCUT2D eigenvalue weighted by Gasteiger charge is 2.05. The normalized spacial score (nSPS) is 10.1. The highest BCUT2D eigenvalue weighted by molar-refractivity contribution is 9.10. The van der Waals surface area contributed by atoms with Gasteiger partial charge in [-0.2, -0.15) is 0 Å². The van der Waals surface area contributed by atoms with E-state index < -0.39 is 0 Å². The summed E-state index contributed by atoms with van der Waals surface area (Å²) >= 11 is 3.21. The van der Waals surface area contributed by atoms with E-state index in [1.807, 2.05) is 0 Å². The molecule has 0 bridgehead atoms. The number of aromatic nitrogens is 1. The Kier molecular flexibility index (Phi) is 3.36. The summed E-state index contributed by atoms with van der Waals surface area (Å²) in [6, 6.07) is 5.24. The van der Waals surface area contributed by atoms with Crippen molar-refractivity contribution in [1.82, 2.24) is 10.3 Å². The molecule has 2 aromatic heterocycles. The van der Waals surface area contributed by atoms with Crippen LogP contribution < -0.4 is 5.32 Å².